The van der Waals surface area contributed by atoms with E-state index in [1.807, 2.05) is 0 Å². The number of hydrogen-bond donors (Lipinski definition) is 2. The van der Waals surface area contributed by atoms with Gasteiger partial charge in [0.15, 0.2) is 0 Å². The second-order valence-corrected chi connectivity index (χ2v) is 11.2. The standard InChI is InChI=1S/C24H48N2O2/c1-23(2,3)25-15-17-27-21-11-7-19(8-12-21)20-9-13-22(14-10-20)28-18-16-26-24(4,5)6/h19-22,25-26H,7-18H2,1-6H3. The van der Waals surface area contributed by atoms with Crippen LogP contribution in [0.25, 0.3) is 0 Å². The zero-order chi connectivity index (χ0) is 20.6. The van der Waals surface area contributed by atoms with Gasteiger partial charge in [0.25, 0.3) is 0 Å². The van der Waals surface area contributed by atoms with Crippen LogP contribution in [0, 0.1) is 11.8 Å². The Morgan fingerprint density at radius 1 is 0.571 bits per heavy atom. The Labute approximate surface area is 174 Å². The highest BCUT2D eigenvalue weighted by molar-refractivity contribution is 4.83. The summed E-state index contributed by atoms with van der Waals surface area (Å²) in [7, 11) is 0. The molecule has 28 heavy (non-hydrogen) atoms. The van der Waals surface area contributed by atoms with Crippen LogP contribution in [-0.2, 0) is 9.47 Å². The van der Waals surface area contributed by atoms with E-state index in [-0.39, 0.29) is 11.1 Å². The molecule has 0 bridgehead atoms. The third-order valence-corrected chi connectivity index (χ3v) is 6.33. The molecule has 0 amide bonds. The molecule has 2 N–H and O–H groups in total. The molecule has 2 saturated carbocycles. The molecule has 4 heteroatoms. The summed E-state index contributed by atoms with van der Waals surface area (Å²) in [5.41, 5.74) is 0.374. The Morgan fingerprint density at radius 3 is 1.18 bits per heavy atom. The maximum atomic E-state index is 6.12. The normalized spacial score (nSPS) is 29.8. The lowest BCUT2D eigenvalue weighted by Crippen LogP contribution is -2.39. The quantitative estimate of drug-likeness (QED) is 0.543. The van der Waals surface area contributed by atoms with Crippen molar-refractivity contribution in [2.24, 2.45) is 11.8 Å². The highest BCUT2D eigenvalue weighted by Crippen LogP contribution is 2.39. The smallest absolute Gasteiger partial charge is 0.0594 e. The van der Waals surface area contributed by atoms with Gasteiger partial charge < -0.3 is 20.1 Å². The summed E-state index contributed by atoms with van der Waals surface area (Å²) in [6.45, 7) is 16.9. The van der Waals surface area contributed by atoms with Crippen molar-refractivity contribution < 1.29 is 9.47 Å². The molecule has 0 aromatic carbocycles. The minimum atomic E-state index is 0.187. The van der Waals surface area contributed by atoms with E-state index in [4.69, 9.17) is 9.47 Å². The highest BCUT2D eigenvalue weighted by atomic mass is 16.5. The van der Waals surface area contributed by atoms with Crippen molar-refractivity contribution >= 4 is 0 Å². The maximum absolute atomic E-state index is 6.12. The highest BCUT2D eigenvalue weighted by Gasteiger charge is 2.31. The van der Waals surface area contributed by atoms with Gasteiger partial charge in [0.1, 0.15) is 0 Å². The summed E-state index contributed by atoms with van der Waals surface area (Å²) < 4.78 is 12.2. The van der Waals surface area contributed by atoms with Crippen molar-refractivity contribution in [2.45, 2.75) is 116 Å². The van der Waals surface area contributed by atoms with Gasteiger partial charge in [-0.1, -0.05) is 0 Å². The lowest BCUT2D eigenvalue weighted by atomic mass is 9.72. The van der Waals surface area contributed by atoms with Crippen LogP contribution in [0.4, 0.5) is 0 Å². The molecule has 0 radical (unpaired) electrons. The maximum Gasteiger partial charge on any atom is 0.0594 e. The fourth-order valence-electron chi connectivity index (χ4n) is 4.76. The first-order valence-corrected chi connectivity index (χ1v) is 11.9. The van der Waals surface area contributed by atoms with Crippen LogP contribution in [0.3, 0.4) is 0 Å². The van der Waals surface area contributed by atoms with E-state index in [9.17, 15) is 0 Å². The lowest BCUT2D eigenvalue weighted by Gasteiger charge is -2.37. The second-order valence-electron chi connectivity index (χ2n) is 11.2. The predicted octanol–water partition coefficient (Wildman–Crippen LogP) is 4.91. The first kappa shape index (κ1) is 24.1. The summed E-state index contributed by atoms with van der Waals surface area (Å²) >= 11 is 0. The molecule has 166 valence electrons. The Hall–Kier alpha value is -0.160. The Morgan fingerprint density at radius 2 is 0.893 bits per heavy atom. The zero-order valence-corrected chi connectivity index (χ0v) is 19.6. The SMILES string of the molecule is CC(C)(C)NCCOC1CCC(C2CCC(OCCNC(C)(C)C)CC2)CC1. The van der Waals surface area contributed by atoms with Gasteiger partial charge in [-0.15, -0.1) is 0 Å². The first-order chi connectivity index (χ1) is 13.1. The van der Waals surface area contributed by atoms with Crippen molar-refractivity contribution in [1.29, 1.82) is 0 Å². The van der Waals surface area contributed by atoms with E-state index in [2.05, 4.69) is 52.2 Å². The summed E-state index contributed by atoms with van der Waals surface area (Å²) in [4.78, 5) is 0. The molecule has 2 fully saturated rings. The fourth-order valence-corrected chi connectivity index (χ4v) is 4.76. The van der Waals surface area contributed by atoms with E-state index in [0.29, 0.717) is 12.2 Å². The molecule has 0 heterocycles. The van der Waals surface area contributed by atoms with E-state index in [1.54, 1.807) is 0 Å². The van der Waals surface area contributed by atoms with Crippen LogP contribution in [0.2, 0.25) is 0 Å². The monoisotopic (exact) mass is 396 g/mol. The van der Waals surface area contributed by atoms with Crippen LogP contribution >= 0.6 is 0 Å². The van der Waals surface area contributed by atoms with Gasteiger partial charge in [0.2, 0.25) is 0 Å². The molecule has 0 aliphatic heterocycles. The van der Waals surface area contributed by atoms with Gasteiger partial charge in [-0.3, -0.25) is 0 Å². The largest absolute Gasteiger partial charge is 0.377 e. The van der Waals surface area contributed by atoms with E-state index >= 15 is 0 Å². The Balaban J connectivity index is 1.53. The second kappa shape index (κ2) is 11.3. The third-order valence-electron chi connectivity index (χ3n) is 6.33. The van der Waals surface area contributed by atoms with Gasteiger partial charge in [-0.05, 0) is 105 Å². The molecule has 0 aromatic heterocycles. The van der Waals surface area contributed by atoms with Crippen LogP contribution in [0.15, 0.2) is 0 Å². The minimum Gasteiger partial charge on any atom is -0.377 e. The van der Waals surface area contributed by atoms with Crippen LogP contribution in [0.1, 0.15) is 92.9 Å². The molecule has 2 aliphatic rings. The van der Waals surface area contributed by atoms with E-state index in [1.165, 1.54) is 51.4 Å². The number of ether oxygens (including phenoxy) is 2. The van der Waals surface area contributed by atoms with Crippen LogP contribution in [-0.4, -0.2) is 49.6 Å². The van der Waals surface area contributed by atoms with E-state index in [0.717, 1.165) is 38.1 Å². The lowest BCUT2D eigenvalue weighted by molar-refractivity contribution is -0.0104. The molecule has 0 saturated heterocycles. The molecule has 4 nitrogen and oxygen atoms in total. The first-order valence-electron chi connectivity index (χ1n) is 11.9. The molecule has 0 spiro atoms. The summed E-state index contributed by atoms with van der Waals surface area (Å²) in [5.74, 6) is 1.85. The molecule has 0 unspecified atom stereocenters. The van der Waals surface area contributed by atoms with E-state index < -0.39 is 0 Å². The Bertz CT molecular complexity index is 371. The molecular weight excluding hydrogens is 348 g/mol. The number of nitrogens with one attached hydrogen (secondary N) is 2. The molecule has 0 aromatic rings. The summed E-state index contributed by atoms with van der Waals surface area (Å²) in [6, 6.07) is 0. The summed E-state index contributed by atoms with van der Waals surface area (Å²) in [5, 5.41) is 7.02. The summed E-state index contributed by atoms with van der Waals surface area (Å²) in [6.07, 6.45) is 11.5. The molecule has 2 rings (SSSR count). The average molecular weight is 397 g/mol. The van der Waals surface area contributed by atoms with Gasteiger partial charge in [0.05, 0.1) is 25.4 Å². The predicted molar refractivity (Wildman–Crippen MR) is 119 cm³/mol. The average Bonchev–Trinajstić information content (AvgIpc) is 2.62. The molecule has 2 aliphatic carbocycles. The number of hydrogen-bond acceptors (Lipinski definition) is 4. The van der Waals surface area contributed by atoms with Crippen molar-refractivity contribution in [3.8, 4) is 0 Å². The van der Waals surface area contributed by atoms with Crippen LogP contribution < -0.4 is 10.6 Å². The zero-order valence-electron chi connectivity index (χ0n) is 19.6. The van der Waals surface area contributed by atoms with Crippen LogP contribution in [0.5, 0.6) is 0 Å². The number of rotatable bonds is 9. The van der Waals surface area contributed by atoms with Gasteiger partial charge in [-0.25, -0.2) is 0 Å². The van der Waals surface area contributed by atoms with Crippen molar-refractivity contribution in [3.05, 3.63) is 0 Å². The Kier molecular flexibility index (Phi) is 9.72. The molecule has 0 atom stereocenters. The topological polar surface area (TPSA) is 42.5 Å². The van der Waals surface area contributed by atoms with Crippen molar-refractivity contribution in [3.63, 3.8) is 0 Å². The fraction of sp³-hybridized carbons (Fsp3) is 1.00. The molecular formula is C24H48N2O2. The minimum absolute atomic E-state index is 0.187. The van der Waals surface area contributed by atoms with Gasteiger partial charge >= 0.3 is 0 Å². The van der Waals surface area contributed by atoms with Gasteiger partial charge in [0, 0.05) is 24.2 Å². The third kappa shape index (κ3) is 10.0. The van der Waals surface area contributed by atoms with Gasteiger partial charge in [-0.2, -0.15) is 0 Å². The van der Waals surface area contributed by atoms with Crippen molar-refractivity contribution in [1.82, 2.24) is 10.6 Å². The van der Waals surface area contributed by atoms with Crippen molar-refractivity contribution in [2.75, 3.05) is 26.3 Å².